The fourth-order valence-corrected chi connectivity index (χ4v) is 3.19. The fraction of sp³-hybridized carbons (Fsp3) is 0.368. The summed E-state index contributed by atoms with van der Waals surface area (Å²) in [7, 11) is 0. The average molecular weight is 389 g/mol. The molecule has 9 heteroatoms. The van der Waals surface area contributed by atoms with Crippen LogP contribution >= 0.6 is 0 Å². The largest absolute Gasteiger partial charge is 0.480 e. The number of nitrogens with one attached hydrogen (secondary N) is 1. The van der Waals surface area contributed by atoms with Crippen molar-refractivity contribution in [3.8, 4) is 5.69 Å². The van der Waals surface area contributed by atoms with Gasteiger partial charge in [-0.05, 0) is 31.9 Å². The van der Waals surface area contributed by atoms with Gasteiger partial charge in [-0.2, -0.15) is 5.10 Å². The molecule has 148 valence electrons. The van der Waals surface area contributed by atoms with E-state index in [-0.39, 0.29) is 12.3 Å². The highest BCUT2D eigenvalue weighted by atomic mass is 19.1. The van der Waals surface area contributed by atoms with E-state index in [2.05, 4.69) is 10.4 Å². The van der Waals surface area contributed by atoms with E-state index >= 15 is 0 Å². The van der Waals surface area contributed by atoms with E-state index in [0.717, 1.165) is 10.7 Å². The number of rotatable bonds is 5. The van der Waals surface area contributed by atoms with Crippen LogP contribution in [0.3, 0.4) is 0 Å². The molecule has 2 unspecified atom stereocenters. The number of halogens is 1. The van der Waals surface area contributed by atoms with Crippen LogP contribution in [-0.2, 0) is 9.53 Å². The zero-order valence-electron chi connectivity index (χ0n) is 15.2. The highest BCUT2D eigenvalue weighted by Gasteiger charge is 2.32. The molecule has 2 heterocycles. The Kier molecular flexibility index (Phi) is 5.84. The molecule has 0 bridgehead atoms. The van der Waals surface area contributed by atoms with Gasteiger partial charge in [-0.25, -0.2) is 13.9 Å². The number of benzene rings is 1. The molecule has 1 aliphatic heterocycles. The van der Waals surface area contributed by atoms with Crippen molar-refractivity contribution >= 4 is 11.9 Å². The van der Waals surface area contributed by atoms with Crippen LogP contribution < -0.4 is 10.7 Å². The van der Waals surface area contributed by atoms with Crippen LogP contribution in [0.1, 0.15) is 29.0 Å². The second-order valence-corrected chi connectivity index (χ2v) is 6.63. The molecule has 0 aliphatic carbocycles. The number of carboxylic acid groups (broad SMARTS) is 1. The molecular weight excluding hydrogens is 369 g/mol. The number of carbonyl (C=O) groups excluding carboxylic acids is 1. The first-order valence-electron chi connectivity index (χ1n) is 8.86. The molecule has 1 amide bonds. The van der Waals surface area contributed by atoms with E-state index in [1.807, 2.05) is 0 Å². The topological polar surface area (TPSA) is 111 Å². The number of aryl methyl sites for hydroxylation is 1. The molecule has 2 atom stereocenters. The Morgan fingerprint density at radius 2 is 2.14 bits per heavy atom. The predicted molar refractivity (Wildman–Crippen MR) is 97.0 cm³/mol. The SMILES string of the molecule is Cc1cc(=O)c(C(=O)NC(C(=O)O)C2CCCOC2)nn1-c1ccccc1F. The number of carbonyl (C=O) groups is 2. The van der Waals surface area contributed by atoms with E-state index < -0.39 is 40.8 Å². The van der Waals surface area contributed by atoms with Crippen LogP contribution in [0.4, 0.5) is 4.39 Å². The molecular formula is C19H20FN3O5. The maximum atomic E-state index is 14.1. The van der Waals surface area contributed by atoms with Crippen LogP contribution in [0.15, 0.2) is 35.1 Å². The molecule has 8 nitrogen and oxygen atoms in total. The summed E-state index contributed by atoms with van der Waals surface area (Å²) >= 11 is 0. The minimum absolute atomic E-state index is 0.0736. The average Bonchev–Trinajstić information content (AvgIpc) is 2.67. The Morgan fingerprint density at radius 3 is 2.79 bits per heavy atom. The third-order valence-electron chi connectivity index (χ3n) is 4.62. The standard InChI is InChI=1S/C19H20FN3O5/c1-11-9-15(24)17(22-23(11)14-7-3-2-6-13(14)20)18(25)21-16(19(26)27)12-5-4-8-28-10-12/h2-3,6-7,9,12,16H,4-5,8,10H2,1H3,(H,21,25)(H,26,27). The minimum Gasteiger partial charge on any atom is -0.480 e. The lowest BCUT2D eigenvalue weighted by Crippen LogP contribution is -2.49. The van der Waals surface area contributed by atoms with Crippen molar-refractivity contribution in [2.45, 2.75) is 25.8 Å². The van der Waals surface area contributed by atoms with Crippen molar-refractivity contribution < 1.29 is 23.8 Å². The minimum atomic E-state index is -1.22. The number of para-hydroxylation sites is 1. The van der Waals surface area contributed by atoms with E-state index in [9.17, 15) is 23.9 Å². The van der Waals surface area contributed by atoms with Gasteiger partial charge in [0.05, 0.1) is 6.61 Å². The normalized spacial score (nSPS) is 17.7. The number of ether oxygens (including phenoxy) is 1. The Bertz CT molecular complexity index is 953. The zero-order valence-corrected chi connectivity index (χ0v) is 15.2. The molecule has 2 aromatic rings. The van der Waals surface area contributed by atoms with Gasteiger partial charge in [-0.15, -0.1) is 0 Å². The van der Waals surface area contributed by atoms with E-state index in [0.29, 0.717) is 25.1 Å². The van der Waals surface area contributed by atoms with Crippen LogP contribution in [0.2, 0.25) is 0 Å². The number of hydrogen-bond acceptors (Lipinski definition) is 5. The number of aliphatic carboxylic acids is 1. The molecule has 0 spiro atoms. The van der Waals surface area contributed by atoms with Gasteiger partial charge in [0.15, 0.2) is 5.69 Å². The molecule has 1 aromatic heterocycles. The highest BCUT2D eigenvalue weighted by Crippen LogP contribution is 2.18. The van der Waals surface area contributed by atoms with Crippen LogP contribution in [0, 0.1) is 18.7 Å². The van der Waals surface area contributed by atoms with Crippen molar-refractivity contribution in [3.63, 3.8) is 0 Å². The Labute approximate surface area is 159 Å². The molecule has 1 saturated heterocycles. The van der Waals surface area contributed by atoms with E-state index in [1.165, 1.54) is 18.2 Å². The maximum Gasteiger partial charge on any atom is 0.326 e. The summed E-state index contributed by atoms with van der Waals surface area (Å²) < 4.78 is 20.6. The second kappa shape index (κ2) is 8.30. The first-order valence-corrected chi connectivity index (χ1v) is 8.86. The summed E-state index contributed by atoms with van der Waals surface area (Å²) in [6.07, 6.45) is 1.27. The third kappa shape index (κ3) is 4.09. The second-order valence-electron chi connectivity index (χ2n) is 6.63. The number of hydrogen-bond donors (Lipinski definition) is 2. The van der Waals surface area contributed by atoms with Crippen molar-refractivity contribution in [2.75, 3.05) is 13.2 Å². The van der Waals surface area contributed by atoms with Gasteiger partial charge in [0.25, 0.3) is 5.91 Å². The van der Waals surface area contributed by atoms with Gasteiger partial charge < -0.3 is 15.2 Å². The Hall–Kier alpha value is -3.07. The van der Waals surface area contributed by atoms with Crippen molar-refractivity contribution in [3.05, 3.63) is 57.8 Å². The lowest BCUT2D eigenvalue weighted by molar-refractivity contribution is -0.142. The summed E-state index contributed by atoms with van der Waals surface area (Å²) in [5.74, 6) is -3.12. The van der Waals surface area contributed by atoms with Crippen molar-refractivity contribution in [1.29, 1.82) is 0 Å². The maximum absolute atomic E-state index is 14.1. The van der Waals surface area contributed by atoms with E-state index in [4.69, 9.17) is 4.74 Å². The molecule has 2 N–H and O–H groups in total. The van der Waals surface area contributed by atoms with E-state index in [1.54, 1.807) is 13.0 Å². The van der Waals surface area contributed by atoms with Gasteiger partial charge in [0.2, 0.25) is 5.43 Å². The molecule has 3 rings (SSSR count). The highest BCUT2D eigenvalue weighted by molar-refractivity contribution is 5.94. The Balaban J connectivity index is 1.93. The molecule has 1 fully saturated rings. The van der Waals surface area contributed by atoms with Crippen molar-refractivity contribution in [1.82, 2.24) is 15.1 Å². The predicted octanol–water partition coefficient (Wildman–Crippen LogP) is 1.29. The molecule has 1 aromatic carbocycles. The zero-order chi connectivity index (χ0) is 20.3. The van der Waals surface area contributed by atoms with Crippen LogP contribution in [0.25, 0.3) is 5.69 Å². The summed E-state index contributed by atoms with van der Waals surface area (Å²) in [6, 6.07) is 5.75. The molecule has 0 radical (unpaired) electrons. The summed E-state index contributed by atoms with van der Waals surface area (Å²) in [5.41, 5.74) is -0.768. The van der Waals surface area contributed by atoms with Gasteiger partial charge in [-0.1, -0.05) is 12.1 Å². The summed E-state index contributed by atoms with van der Waals surface area (Å²) in [5, 5.41) is 15.8. The lowest BCUT2D eigenvalue weighted by Gasteiger charge is -2.27. The van der Waals surface area contributed by atoms with Gasteiger partial charge >= 0.3 is 5.97 Å². The van der Waals surface area contributed by atoms with Gasteiger partial charge in [0, 0.05) is 24.3 Å². The quantitative estimate of drug-likeness (QED) is 0.797. The third-order valence-corrected chi connectivity index (χ3v) is 4.62. The molecule has 0 saturated carbocycles. The number of nitrogens with zero attached hydrogens (tertiary/aromatic N) is 2. The smallest absolute Gasteiger partial charge is 0.326 e. The summed E-state index contributed by atoms with van der Waals surface area (Å²) in [4.78, 5) is 36.5. The first-order chi connectivity index (χ1) is 13.4. The van der Waals surface area contributed by atoms with Gasteiger partial charge in [-0.3, -0.25) is 9.59 Å². The number of aromatic nitrogens is 2. The Morgan fingerprint density at radius 1 is 1.39 bits per heavy atom. The number of amides is 1. The van der Waals surface area contributed by atoms with Crippen molar-refractivity contribution in [2.24, 2.45) is 5.92 Å². The lowest BCUT2D eigenvalue weighted by atomic mass is 9.93. The number of carboxylic acids is 1. The molecule has 1 aliphatic rings. The molecule has 28 heavy (non-hydrogen) atoms. The van der Waals surface area contributed by atoms with Gasteiger partial charge in [0.1, 0.15) is 17.5 Å². The van der Waals surface area contributed by atoms with Crippen LogP contribution in [0.5, 0.6) is 0 Å². The first kappa shape index (κ1) is 19.7. The summed E-state index contributed by atoms with van der Waals surface area (Å²) in [6.45, 7) is 2.31. The fourth-order valence-electron chi connectivity index (χ4n) is 3.19. The van der Waals surface area contributed by atoms with Crippen LogP contribution in [-0.4, -0.2) is 46.0 Å². The monoisotopic (exact) mass is 389 g/mol.